The van der Waals surface area contributed by atoms with Gasteiger partial charge in [0.1, 0.15) is 30.0 Å². The summed E-state index contributed by atoms with van der Waals surface area (Å²) in [7, 11) is 1.51. The highest BCUT2D eigenvalue weighted by Crippen LogP contribution is 2.62. The van der Waals surface area contributed by atoms with Crippen LogP contribution in [0.2, 0.25) is 0 Å². The predicted octanol–water partition coefficient (Wildman–Crippen LogP) is 6.54. The van der Waals surface area contributed by atoms with Crippen molar-refractivity contribution in [2.45, 2.75) is 84.5 Å². The second-order valence-electron chi connectivity index (χ2n) is 14.4. The molecule has 0 saturated heterocycles. The topological polar surface area (TPSA) is 155 Å². The Morgan fingerprint density at radius 2 is 1.90 bits per heavy atom. The Hall–Kier alpha value is -5.14. The molecule has 0 radical (unpaired) electrons. The van der Waals surface area contributed by atoms with Crippen molar-refractivity contribution in [2.24, 2.45) is 11.3 Å². The minimum absolute atomic E-state index is 0.0878. The SMILES string of the molecule is COC[C@@H](C)OC(=O)N(c1cc(C#N)c2ncc(C#N)c(NC(C)C(C)(C)C)c2c1)C(c1cn(C23CC(C2)C3)nn1)c1ccc(F)nc1C. The van der Waals surface area contributed by atoms with Crippen LogP contribution in [0.1, 0.15) is 88.0 Å². The van der Waals surface area contributed by atoms with Crippen molar-refractivity contribution < 1.29 is 18.7 Å². The first-order chi connectivity index (χ1) is 23.3. The molecule has 13 heteroatoms. The Morgan fingerprint density at radius 3 is 2.49 bits per heavy atom. The molecule has 7 rings (SSSR count). The van der Waals surface area contributed by atoms with E-state index in [2.05, 4.69) is 58.5 Å². The Bertz CT molecular complexity index is 1990. The monoisotopic (exact) mass is 665 g/mol. The van der Waals surface area contributed by atoms with Gasteiger partial charge in [0, 0.05) is 36.0 Å². The maximum Gasteiger partial charge on any atom is 0.415 e. The zero-order valence-electron chi connectivity index (χ0n) is 28.8. The smallest absolute Gasteiger partial charge is 0.415 e. The zero-order valence-corrected chi connectivity index (χ0v) is 28.8. The van der Waals surface area contributed by atoms with Gasteiger partial charge in [0.25, 0.3) is 0 Å². The third kappa shape index (κ3) is 6.15. The summed E-state index contributed by atoms with van der Waals surface area (Å²) >= 11 is 0. The van der Waals surface area contributed by atoms with E-state index >= 15 is 0 Å². The number of carbonyl (C=O) groups excluding carboxylic acids is 1. The second kappa shape index (κ2) is 12.7. The number of aryl methyl sites for hydroxylation is 1. The van der Waals surface area contributed by atoms with Crippen molar-refractivity contribution in [1.29, 1.82) is 10.5 Å². The van der Waals surface area contributed by atoms with Crippen LogP contribution in [0.4, 0.5) is 20.6 Å². The fourth-order valence-electron chi connectivity index (χ4n) is 6.65. The third-order valence-corrected chi connectivity index (χ3v) is 9.96. The van der Waals surface area contributed by atoms with Crippen LogP contribution in [0, 0.1) is 46.9 Å². The number of nitrogens with one attached hydrogen (secondary N) is 1. The first-order valence-corrected chi connectivity index (χ1v) is 16.4. The number of halogens is 1. The lowest BCUT2D eigenvalue weighted by atomic mass is 9.50. The Labute approximate surface area is 284 Å². The highest BCUT2D eigenvalue weighted by Gasteiger charge is 2.59. The van der Waals surface area contributed by atoms with E-state index in [1.165, 1.54) is 24.3 Å². The number of hydrogen-bond acceptors (Lipinski definition) is 10. The molecule has 3 aromatic heterocycles. The molecule has 1 aromatic carbocycles. The van der Waals surface area contributed by atoms with Gasteiger partial charge in [-0.2, -0.15) is 14.9 Å². The van der Waals surface area contributed by atoms with Crippen LogP contribution in [0.3, 0.4) is 0 Å². The van der Waals surface area contributed by atoms with E-state index in [1.807, 2.05) is 17.8 Å². The lowest BCUT2D eigenvalue weighted by molar-refractivity contribution is -0.0989. The zero-order chi connectivity index (χ0) is 35.2. The molecule has 3 aliphatic rings. The van der Waals surface area contributed by atoms with E-state index in [0.717, 1.165) is 19.3 Å². The summed E-state index contributed by atoms with van der Waals surface area (Å²) in [5.41, 5.74) is 2.55. The van der Waals surface area contributed by atoms with E-state index in [4.69, 9.17) is 9.47 Å². The van der Waals surface area contributed by atoms with Crippen molar-refractivity contribution in [1.82, 2.24) is 25.0 Å². The second-order valence-corrected chi connectivity index (χ2v) is 14.4. The molecule has 4 aromatic rings. The molecule has 12 nitrogen and oxygen atoms in total. The molecular formula is C36H40FN9O3. The Morgan fingerprint density at radius 1 is 1.18 bits per heavy atom. The summed E-state index contributed by atoms with van der Waals surface area (Å²) in [5.74, 6) is 0.0232. The molecule has 49 heavy (non-hydrogen) atoms. The van der Waals surface area contributed by atoms with E-state index in [-0.39, 0.29) is 40.4 Å². The van der Waals surface area contributed by atoms with Crippen LogP contribution in [0.15, 0.2) is 36.7 Å². The normalized spacial score (nSPS) is 19.8. The molecule has 1 amide bonds. The van der Waals surface area contributed by atoms with Gasteiger partial charge in [0.15, 0.2) is 0 Å². The first-order valence-electron chi connectivity index (χ1n) is 16.4. The van der Waals surface area contributed by atoms with Gasteiger partial charge >= 0.3 is 6.09 Å². The number of pyridine rings is 2. The molecule has 3 fully saturated rings. The molecule has 254 valence electrons. The molecule has 0 aliphatic heterocycles. The van der Waals surface area contributed by atoms with Crippen molar-refractivity contribution in [3.05, 3.63) is 70.7 Å². The van der Waals surface area contributed by atoms with Crippen molar-refractivity contribution in [3.8, 4) is 12.1 Å². The fraction of sp³-hybridized carbons (Fsp3) is 0.472. The summed E-state index contributed by atoms with van der Waals surface area (Å²) in [4.78, 5) is 24.4. The Balaban J connectivity index is 1.60. The Kier molecular flexibility index (Phi) is 8.76. The van der Waals surface area contributed by atoms with Gasteiger partial charge < -0.3 is 14.8 Å². The number of hydrogen-bond donors (Lipinski definition) is 1. The molecule has 1 N–H and O–H groups in total. The van der Waals surface area contributed by atoms with Crippen LogP contribution in [-0.4, -0.2) is 56.9 Å². The van der Waals surface area contributed by atoms with Crippen molar-refractivity contribution >= 4 is 28.4 Å². The number of benzene rings is 1. The maximum atomic E-state index is 14.5. The number of anilines is 2. The molecule has 3 heterocycles. The average Bonchev–Trinajstić information content (AvgIpc) is 3.47. The van der Waals surface area contributed by atoms with Crippen molar-refractivity contribution in [3.63, 3.8) is 0 Å². The van der Waals surface area contributed by atoms with Gasteiger partial charge in [-0.3, -0.25) is 9.88 Å². The lowest BCUT2D eigenvalue weighted by Crippen LogP contribution is -2.59. The van der Waals surface area contributed by atoms with Gasteiger partial charge in [-0.05, 0) is 69.6 Å². The van der Waals surface area contributed by atoms with Crippen LogP contribution in [-0.2, 0) is 15.0 Å². The largest absolute Gasteiger partial charge is 0.444 e. The number of rotatable bonds is 10. The number of fused-ring (bicyclic) bond motifs is 1. The van der Waals surface area contributed by atoms with E-state index in [1.54, 1.807) is 32.0 Å². The number of nitriles is 2. The molecular weight excluding hydrogens is 625 g/mol. The van der Waals surface area contributed by atoms with Gasteiger partial charge in [-0.1, -0.05) is 32.1 Å². The number of amides is 1. The van der Waals surface area contributed by atoms with E-state index in [9.17, 15) is 19.7 Å². The van der Waals surface area contributed by atoms with Gasteiger partial charge in [-0.15, -0.1) is 5.10 Å². The number of methoxy groups -OCH3 is 1. The summed E-state index contributed by atoms with van der Waals surface area (Å²) < 4.78 is 27.5. The van der Waals surface area contributed by atoms with Gasteiger partial charge in [0.2, 0.25) is 5.95 Å². The number of nitrogens with zero attached hydrogens (tertiary/aromatic N) is 8. The summed E-state index contributed by atoms with van der Waals surface area (Å²) in [5, 5.41) is 33.6. The highest BCUT2D eigenvalue weighted by molar-refractivity contribution is 6.01. The fourth-order valence-corrected chi connectivity index (χ4v) is 6.65. The molecule has 2 bridgehead atoms. The average molecular weight is 666 g/mol. The van der Waals surface area contributed by atoms with Gasteiger partial charge in [0.05, 0.1) is 46.4 Å². The number of aromatic nitrogens is 5. The lowest BCUT2D eigenvalue weighted by Gasteiger charge is -2.61. The molecule has 3 saturated carbocycles. The minimum atomic E-state index is -0.988. The third-order valence-electron chi connectivity index (χ3n) is 9.96. The number of carbonyl (C=O) groups is 1. The minimum Gasteiger partial charge on any atom is -0.444 e. The predicted molar refractivity (Wildman–Crippen MR) is 180 cm³/mol. The first kappa shape index (κ1) is 33.7. The summed E-state index contributed by atoms with van der Waals surface area (Å²) in [6, 6.07) is 9.45. The van der Waals surface area contributed by atoms with E-state index < -0.39 is 24.2 Å². The van der Waals surface area contributed by atoms with Crippen LogP contribution >= 0.6 is 0 Å². The van der Waals surface area contributed by atoms with Gasteiger partial charge in [-0.25, -0.2) is 14.5 Å². The molecule has 3 atom stereocenters. The molecule has 2 unspecified atom stereocenters. The molecule has 3 aliphatic carbocycles. The summed E-state index contributed by atoms with van der Waals surface area (Å²) in [6.45, 7) is 11.8. The maximum absolute atomic E-state index is 14.5. The van der Waals surface area contributed by atoms with Crippen LogP contribution in [0.5, 0.6) is 0 Å². The van der Waals surface area contributed by atoms with Crippen LogP contribution in [0.25, 0.3) is 10.9 Å². The van der Waals surface area contributed by atoms with E-state index in [0.29, 0.717) is 39.5 Å². The van der Waals surface area contributed by atoms with Crippen molar-refractivity contribution in [2.75, 3.05) is 23.9 Å². The summed E-state index contributed by atoms with van der Waals surface area (Å²) in [6.07, 6.45) is 4.93. The standard InChI is InChI=1S/C36H40FN9O3/c1-20(19-48-7)49-34(47)46(26-10-24(15-38)31-28(11-26)32(25(16-39)17-40-31)42-22(3)35(4,5)6)33(27-8-9-30(37)41-21(27)2)29-18-45(44-43-29)36-12-23(13-36)14-36/h8-11,17-18,20,22-23,33H,12-14,19H2,1-7H3,(H,40,42)/t20-,22?,23?,33?,36?/m1/s1. The number of ether oxygens (including phenoxy) is 2. The van der Waals surface area contributed by atoms with Crippen LogP contribution < -0.4 is 10.2 Å². The molecule has 0 spiro atoms. The quantitative estimate of drug-likeness (QED) is 0.185. The highest BCUT2D eigenvalue weighted by atomic mass is 19.1.